The molecule has 4 aliphatic carbocycles. The van der Waals surface area contributed by atoms with Gasteiger partial charge in [-0.25, -0.2) is 0 Å². The second-order valence-corrected chi connectivity index (χ2v) is 7.10. The normalized spacial score (nSPS) is 41.4. The Labute approximate surface area is 115 Å². The first-order chi connectivity index (χ1) is 9.29. The van der Waals surface area contributed by atoms with Crippen LogP contribution in [0.3, 0.4) is 0 Å². The van der Waals surface area contributed by atoms with Crippen molar-refractivity contribution in [3.8, 4) is 0 Å². The lowest BCUT2D eigenvalue weighted by Crippen LogP contribution is -2.49. The molecule has 19 heavy (non-hydrogen) atoms. The van der Waals surface area contributed by atoms with Gasteiger partial charge >= 0.3 is 0 Å². The van der Waals surface area contributed by atoms with E-state index in [0.29, 0.717) is 5.92 Å². The summed E-state index contributed by atoms with van der Waals surface area (Å²) in [4.78, 5) is 4.37. The third-order valence-electron chi connectivity index (χ3n) is 5.89. The number of hydrogen-bond donors (Lipinski definition) is 1. The summed E-state index contributed by atoms with van der Waals surface area (Å²) in [5.41, 5.74) is 1.05. The van der Waals surface area contributed by atoms with E-state index in [1.54, 1.807) is 0 Å². The Morgan fingerprint density at radius 3 is 2.32 bits per heavy atom. The van der Waals surface area contributed by atoms with Crippen LogP contribution in [0.15, 0.2) is 24.4 Å². The van der Waals surface area contributed by atoms with Crippen molar-refractivity contribution >= 4 is 0 Å². The molecule has 4 aliphatic rings. The maximum Gasteiger partial charge on any atom is 0.0629 e. The minimum atomic E-state index is -0.176. The molecule has 0 aliphatic heterocycles. The SMILES string of the molecule is OC(Cc1ccccn1)C1C2CC3CC(C2)CC1C3. The summed E-state index contributed by atoms with van der Waals surface area (Å²) >= 11 is 0. The van der Waals surface area contributed by atoms with Crippen LogP contribution in [0.2, 0.25) is 0 Å². The topological polar surface area (TPSA) is 33.1 Å². The van der Waals surface area contributed by atoms with Crippen molar-refractivity contribution in [2.45, 2.75) is 44.6 Å². The Morgan fingerprint density at radius 1 is 1.05 bits per heavy atom. The van der Waals surface area contributed by atoms with Gasteiger partial charge < -0.3 is 5.11 Å². The van der Waals surface area contributed by atoms with Gasteiger partial charge in [-0.2, -0.15) is 0 Å². The summed E-state index contributed by atoms with van der Waals surface area (Å²) in [6.07, 6.45) is 9.43. The second kappa shape index (κ2) is 4.59. The van der Waals surface area contributed by atoms with Crippen LogP contribution in [0.1, 0.15) is 37.8 Å². The van der Waals surface area contributed by atoms with Crippen molar-refractivity contribution in [3.05, 3.63) is 30.1 Å². The van der Waals surface area contributed by atoms with E-state index >= 15 is 0 Å². The number of aliphatic hydroxyl groups is 1. The van der Waals surface area contributed by atoms with Gasteiger partial charge in [-0.05, 0) is 73.8 Å². The Balaban J connectivity index is 1.50. The summed E-state index contributed by atoms with van der Waals surface area (Å²) in [6, 6.07) is 6.00. The molecule has 4 bridgehead atoms. The lowest BCUT2D eigenvalue weighted by Gasteiger charge is -2.55. The van der Waals surface area contributed by atoms with Gasteiger partial charge in [-0.15, -0.1) is 0 Å². The third-order valence-corrected chi connectivity index (χ3v) is 5.89. The zero-order valence-corrected chi connectivity index (χ0v) is 11.4. The van der Waals surface area contributed by atoms with E-state index in [4.69, 9.17) is 0 Å². The lowest BCUT2D eigenvalue weighted by molar-refractivity contribution is -0.0889. The van der Waals surface area contributed by atoms with Crippen molar-refractivity contribution in [3.63, 3.8) is 0 Å². The van der Waals surface area contributed by atoms with Gasteiger partial charge in [0.25, 0.3) is 0 Å². The number of nitrogens with zero attached hydrogens (tertiary/aromatic N) is 1. The molecule has 2 heteroatoms. The van der Waals surface area contributed by atoms with Gasteiger partial charge in [-0.1, -0.05) is 6.07 Å². The average molecular weight is 257 g/mol. The van der Waals surface area contributed by atoms with E-state index in [1.165, 1.54) is 32.1 Å². The van der Waals surface area contributed by atoms with Crippen molar-refractivity contribution in [2.24, 2.45) is 29.6 Å². The molecule has 2 nitrogen and oxygen atoms in total. The number of hydrogen-bond acceptors (Lipinski definition) is 2. The van der Waals surface area contributed by atoms with Crippen LogP contribution in [0.4, 0.5) is 0 Å². The van der Waals surface area contributed by atoms with Crippen LogP contribution in [0.25, 0.3) is 0 Å². The van der Waals surface area contributed by atoms with E-state index in [-0.39, 0.29) is 6.10 Å². The predicted octanol–water partition coefficient (Wildman–Crippen LogP) is 3.06. The van der Waals surface area contributed by atoms with Gasteiger partial charge in [0.1, 0.15) is 0 Å². The first kappa shape index (κ1) is 11.9. The molecule has 102 valence electrons. The first-order valence-electron chi connectivity index (χ1n) is 7.87. The largest absolute Gasteiger partial charge is 0.392 e. The van der Waals surface area contributed by atoms with Crippen molar-refractivity contribution < 1.29 is 5.11 Å². The zero-order chi connectivity index (χ0) is 12.8. The highest BCUT2D eigenvalue weighted by Gasteiger charge is 2.50. The maximum atomic E-state index is 10.7. The highest BCUT2D eigenvalue weighted by atomic mass is 16.3. The van der Waals surface area contributed by atoms with Crippen LogP contribution in [0, 0.1) is 29.6 Å². The van der Waals surface area contributed by atoms with Crippen LogP contribution in [0.5, 0.6) is 0 Å². The fourth-order valence-corrected chi connectivity index (χ4v) is 5.46. The molecule has 0 radical (unpaired) electrons. The van der Waals surface area contributed by atoms with Crippen LogP contribution in [-0.2, 0) is 6.42 Å². The summed E-state index contributed by atoms with van der Waals surface area (Å²) in [5, 5.41) is 10.7. The molecule has 0 saturated heterocycles. The molecular formula is C17H23NO. The van der Waals surface area contributed by atoms with Gasteiger partial charge in [-0.3, -0.25) is 4.98 Å². The lowest BCUT2D eigenvalue weighted by atomic mass is 9.50. The van der Waals surface area contributed by atoms with Gasteiger partial charge in [0.15, 0.2) is 0 Å². The Hall–Kier alpha value is -0.890. The first-order valence-corrected chi connectivity index (χ1v) is 7.87. The van der Waals surface area contributed by atoms with Gasteiger partial charge in [0, 0.05) is 18.3 Å². The van der Waals surface area contributed by atoms with Crippen molar-refractivity contribution in [1.82, 2.24) is 4.98 Å². The molecule has 0 aromatic carbocycles. The number of aromatic nitrogens is 1. The number of rotatable bonds is 3. The standard InChI is InChI=1S/C17H23NO/c19-16(10-15-3-1-2-4-18-15)17-13-6-11-5-12(8-13)9-14(17)7-11/h1-4,11-14,16-17,19H,5-10H2. The highest BCUT2D eigenvalue weighted by Crippen LogP contribution is 2.57. The molecular weight excluding hydrogens is 234 g/mol. The maximum absolute atomic E-state index is 10.7. The monoisotopic (exact) mass is 257 g/mol. The fraction of sp³-hybridized carbons (Fsp3) is 0.706. The van der Waals surface area contributed by atoms with Crippen LogP contribution >= 0.6 is 0 Å². The van der Waals surface area contributed by atoms with E-state index in [1.807, 2.05) is 24.4 Å². The molecule has 5 rings (SSSR count). The van der Waals surface area contributed by atoms with E-state index in [9.17, 15) is 5.11 Å². The van der Waals surface area contributed by atoms with E-state index < -0.39 is 0 Å². The average Bonchev–Trinajstić information content (AvgIpc) is 2.38. The van der Waals surface area contributed by atoms with Gasteiger partial charge in [0.05, 0.1) is 6.10 Å². The summed E-state index contributed by atoms with van der Waals surface area (Å²) in [5.74, 6) is 4.13. The molecule has 0 amide bonds. The molecule has 1 heterocycles. The van der Waals surface area contributed by atoms with E-state index in [2.05, 4.69) is 4.98 Å². The summed E-state index contributed by atoms with van der Waals surface area (Å²) < 4.78 is 0. The van der Waals surface area contributed by atoms with E-state index in [0.717, 1.165) is 35.8 Å². The van der Waals surface area contributed by atoms with Gasteiger partial charge in [0.2, 0.25) is 0 Å². The van der Waals surface area contributed by atoms with Crippen LogP contribution < -0.4 is 0 Å². The molecule has 1 N–H and O–H groups in total. The fourth-order valence-electron chi connectivity index (χ4n) is 5.46. The van der Waals surface area contributed by atoms with Crippen molar-refractivity contribution in [1.29, 1.82) is 0 Å². The molecule has 1 aromatic rings. The summed E-state index contributed by atoms with van der Waals surface area (Å²) in [7, 11) is 0. The minimum absolute atomic E-state index is 0.176. The molecule has 4 saturated carbocycles. The zero-order valence-electron chi connectivity index (χ0n) is 11.4. The smallest absolute Gasteiger partial charge is 0.0629 e. The molecule has 0 spiro atoms. The minimum Gasteiger partial charge on any atom is -0.392 e. The Morgan fingerprint density at radius 2 is 1.74 bits per heavy atom. The Bertz CT molecular complexity index is 416. The summed E-state index contributed by atoms with van der Waals surface area (Å²) in [6.45, 7) is 0. The molecule has 1 atom stereocenters. The molecule has 1 unspecified atom stereocenters. The van der Waals surface area contributed by atoms with Crippen molar-refractivity contribution in [2.75, 3.05) is 0 Å². The molecule has 1 aromatic heterocycles. The molecule has 4 fully saturated rings. The van der Waals surface area contributed by atoms with Crippen LogP contribution in [-0.4, -0.2) is 16.2 Å². The Kier molecular flexibility index (Phi) is 2.87. The number of aliphatic hydroxyl groups excluding tert-OH is 1. The quantitative estimate of drug-likeness (QED) is 0.902. The second-order valence-electron chi connectivity index (χ2n) is 7.10. The highest BCUT2D eigenvalue weighted by molar-refractivity contribution is 5.07. The predicted molar refractivity (Wildman–Crippen MR) is 74.5 cm³/mol. The number of pyridine rings is 1. The third kappa shape index (κ3) is 2.10.